The number of nitrogens with zero attached hydrogens (tertiary/aromatic N) is 1. The van der Waals surface area contributed by atoms with E-state index in [9.17, 15) is 26.7 Å². The van der Waals surface area contributed by atoms with Gasteiger partial charge in [-0.15, -0.1) is 0 Å². The van der Waals surface area contributed by atoms with Gasteiger partial charge >= 0.3 is 6.18 Å². The van der Waals surface area contributed by atoms with Crippen LogP contribution in [0.2, 0.25) is 0 Å². The lowest BCUT2D eigenvalue weighted by atomic mass is 9.62. The smallest absolute Gasteiger partial charge is 0.356 e. The molecule has 9 heteroatoms. The number of rotatable bonds is 4. The SMILES string of the molecule is CO[C@](C(=O)N1CCC2(CCNC[C@H]2c2ccc(F)cc2)CC1)(c1cc(C)cc(F)c1)C(F)(F)F. The molecule has 2 aromatic carbocycles. The van der Waals surface area contributed by atoms with Crippen molar-refractivity contribution in [1.29, 1.82) is 0 Å². The van der Waals surface area contributed by atoms with E-state index in [1.807, 2.05) is 0 Å². The first kappa shape index (κ1) is 25.6. The van der Waals surface area contributed by atoms with Crippen molar-refractivity contribution >= 4 is 5.91 Å². The Morgan fingerprint density at radius 1 is 1.03 bits per heavy atom. The van der Waals surface area contributed by atoms with Crippen molar-refractivity contribution in [2.24, 2.45) is 5.41 Å². The average molecular weight is 497 g/mol. The van der Waals surface area contributed by atoms with Crippen LogP contribution in [0.1, 0.15) is 41.9 Å². The van der Waals surface area contributed by atoms with E-state index < -0.39 is 29.1 Å². The number of halogens is 5. The minimum atomic E-state index is -5.10. The molecule has 2 aliphatic heterocycles. The van der Waals surface area contributed by atoms with Crippen LogP contribution < -0.4 is 5.32 Å². The number of carbonyl (C=O) groups excluding carboxylic acids is 1. The summed E-state index contributed by atoms with van der Waals surface area (Å²) in [7, 11) is 0.828. The van der Waals surface area contributed by atoms with Crippen LogP contribution >= 0.6 is 0 Å². The van der Waals surface area contributed by atoms with Crippen molar-refractivity contribution in [3.8, 4) is 0 Å². The molecule has 0 bridgehead atoms. The molecule has 2 heterocycles. The lowest BCUT2D eigenvalue weighted by Gasteiger charge is -2.50. The number of amides is 1. The fraction of sp³-hybridized carbons (Fsp3) is 0.500. The van der Waals surface area contributed by atoms with E-state index in [0.717, 1.165) is 37.8 Å². The number of hydrogen-bond donors (Lipinski definition) is 1. The quantitative estimate of drug-likeness (QED) is 0.602. The Labute approximate surface area is 201 Å². The van der Waals surface area contributed by atoms with Crippen molar-refractivity contribution in [2.75, 3.05) is 33.3 Å². The van der Waals surface area contributed by atoms with Gasteiger partial charge in [0, 0.05) is 38.2 Å². The molecule has 0 aromatic heterocycles. The van der Waals surface area contributed by atoms with Crippen LogP contribution in [-0.2, 0) is 15.1 Å². The zero-order valence-corrected chi connectivity index (χ0v) is 19.7. The van der Waals surface area contributed by atoms with Gasteiger partial charge in [0.25, 0.3) is 11.5 Å². The van der Waals surface area contributed by atoms with E-state index in [1.165, 1.54) is 24.0 Å². The maximum atomic E-state index is 14.5. The maximum Gasteiger partial charge on any atom is 0.430 e. The van der Waals surface area contributed by atoms with E-state index in [4.69, 9.17) is 4.74 Å². The molecule has 190 valence electrons. The van der Waals surface area contributed by atoms with Gasteiger partial charge in [0.2, 0.25) is 0 Å². The molecule has 2 fully saturated rings. The number of hydrogen-bond acceptors (Lipinski definition) is 3. The minimum absolute atomic E-state index is 0.0507. The van der Waals surface area contributed by atoms with Crippen LogP contribution in [0.15, 0.2) is 42.5 Å². The Balaban J connectivity index is 1.62. The third kappa shape index (κ3) is 4.56. The van der Waals surface area contributed by atoms with E-state index in [2.05, 4.69) is 5.32 Å². The van der Waals surface area contributed by atoms with Crippen LogP contribution in [0.25, 0.3) is 0 Å². The van der Waals surface area contributed by atoms with E-state index in [1.54, 1.807) is 12.1 Å². The molecule has 4 rings (SSSR count). The molecule has 0 saturated carbocycles. The molecule has 2 aliphatic rings. The Bertz CT molecular complexity index is 1040. The topological polar surface area (TPSA) is 41.6 Å². The summed E-state index contributed by atoms with van der Waals surface area (Å²) < 4.78 is 75.9. The summed E-state index contributed by atoms with van der Waals surface area (Å²) in [5.41, 5.74) is -2.86. The number of nitrogens with one attached hydrogen (secondary N) is 1. The van der Waals surface area contributed by atoms with Crippen LogP contribution in [-0.4, -0.2) is 50.3 Å². The summed E-state index contributed by atoms with van der Waals surface area (Å²) in [6.07, 6.45) is -3.29. The Kier molecular flexibility index (Phi) is 6.94. The van der Waals surface area contributed by atoms with Crippen molar-refractivity contribution in [2.45, 2.75) is 43.9 Å². The van der Waals surface area contributed by atoms with Gasteiger partial charge in [0.05, 0.1) is 0 Å². The Morgan fingerprint density at radius 3 is 2.26 bits per heavy atom. The number of piperidine rings is 2. The summed E-state index contributed by atoms with van der Waals surface area (Å²) in [6, 6.07) is 9.27. The zero-order chi connectivity index (χ0) is 25.4. The third-order valence-electron chi connectivity index (χ3n) is 7.66. The number of ether oxygens (including phenoxy) is 1. The van der Waals surface area contributed by atoms with Crippen molar-refractivity contribution in [3.63, 3.8) is 0 Å². The number of carbonyl (C=O) groups is 1. The second-order valence-electron chi connectivity index (χ2n) is 9.61. The molecular formula is C26H29F5N2O2. The highest BCUT2D eigenvalue weighted by Crippen LogP contribution is 2.50. The van der Waals surface area contributed by atoms with Crippen molar-refractivity contribution < 1.29 is 31.5 Å². The fourth-order valence-electron chi connectivity index (χ4n) is 5.79. The Morgan fingerprint density at radius 2 is 1.69 bits per heavy atom. The van der Waals surface area contributed by atoms with Gasteiger partial charge in [-0.25, -0.2) is 8.78 Å². The van der Waals surface area contributed by atoms with Gasteiger partial charge in [-0.1, -0.05) is 18.2 Å². The number of likely N-dealkylation sites (tertiary alicyclic amines) is 1. The normalized spacial score (nSPS) is 22.1. The van der Waals surface area contributed by atoms with Gasteiger partial charge in [-0.05, 0) is 73.5 Å². The highest BCUT2D eigenvalue weighted by atomic mass is 19.4. The molecule has 0 aliphatic carbocycles. The minimum Gasteiger partial charge on any atom is -0.356 e. The molecule has 1 spiro atoms. The zero-order valence-electron chi connectivity index (χ0n) is 19.7. The molecule has 35 heavy (non-hydrogen) atoms. The van der Waals surface area contributed by atoms with Gasteiger partial charge < -0.3 is 15.0 Å². The predicted molar refractivity (Wildman–Crippen MR) is 121 cm³/mol. The fourth-order valence-corrected chi connectivity index (χ4v) is 5.79. The summed E-state index contributed by atoms with van der Waals surface area (Å²) >= 11 is 0. The van der Waals surface area contributed by atoms with Gasteiger partial charge in [-0.3, -0.25) is 4.79 Å². The largest absolute Gasteiger partial charge is 0.430 e. The monoisotopic (exact) mass is 496 g/mol. The third-order valence-corrected chi connectivity index (χ3v) is 7.66. The van der Waals surface area contributed by atoms with Crippen LogP contribution in [0.3, 0.4) is 0 Å². The molecular weight excluding hydrogens is 467 g/mol. The first-order valence-corrected chi connectivity index (χ1v) is 11.7. The number of alkyl halides is 3. The van der Waals surface area contributed by atoms with Crippen LogP contribution in [0.4, 0.5) is 22.0 Å². The summed E-state index contributed by atoms with van der Waals surface area (Å²) in [6.45, 7) is 3.13. The summed E-state index contributed by atoms with van der Waals surface area (Å²) in [4.78, 5) is 14.7. The average Bonchev–Trinajstić information content (AvgIpc) is 2.80. The van der Waals surface area contributed by atoms with Gasteiger partial charge in [0.1, 0.15) is 11.6 Å². The molecule has 0 unspecified atom stereocenters. The lowest BCUT2D eigenvalue weighted by Crippen LogP contribution is -2.60. The second-order valence-corrected chi connectivity index (χ2v) is 9.61. The van der Waals surface area contributed by atoms with Crippen molar-refractivity contribution in [1.82, 2.24) is 10.2 Å². The maximum absolute atomic E-state index is 14.5. The number of benzene rings is 2. The second kappa shape index (κ2) is 9.50. The van der Waals surface area contributed by atoms with Crippen LogP contribution in [0, 0.1) is 24.0 Å². The first-order valence-electron chi connectivity index (χ1n) is 11.7. The number of aryl methyl sites for hydroxylation is 1. The van der Waals surface area contributed by atoms with Gasteiger partial charge in [0.15, 0.2) is 0 Å². The predicted octanol–water partition coefficient (Wildman–Crippen LogP) is 5.06. The molecule has 0 radical (unpaired) electrons. The molecule has 1 amide bonds. The van der Waals surface area contributed by atoms with E-state index in [0.29, 0.717) is 25.5 Å². The lowest BCUT2D eigenvalue weighted by molar-refractivity contribution is -0.271. The standard InChI is InChI=1S/C26H29F5N2O2/c1-17-13-19(15-21(28)14-17)25(35-2,26(29,30)31)23(34)33-11-8-24(9-12-33)7-10-32-16-22(24)18-3-5-20(27)6-4-18/h3-6,13-15,22,32H,7-12,16H2,1-2H3/t22-,25-/m0/s1. The summed E-state index contributed by atoms with van der Waals surface area (Å²) in [5, 5.41) is 3.36. The molecule has 1 N–H and O–H groups in total. The van der Waals surface area contributed by atoms with E-state index >= 15 is 0 Å². The van der Waals surface area contributed by atoms with E-state index in [-0.39, 0.29) is 35.8 Å². The molecule has 2 saturated heterocycles. The van der Waals surface area contributed by atoms with Crippen molar-refractivity contribution in [3.05, 3.63) is 70.8 Å². The molecule has 2 aromatic rings. The van der Waals surface area contributed by atoms with Crippen LogP contribution in [0.5, 0.6) is 0 Å². The Hall–Kier alpha value is -2.52. The molecule has 2 atom stereocenters. The van der Waals surface area contributed by atoms with Gasteiger partial charge in [-0.2, -0.15) is 13.2 Å². The number of methoxy groups -OCH3 is 1. The first-order chi connectivity index (χ1) is 16.5. The summed E-state index contributed by atoms with van der Waals surface area (Å²) in [5.74, 6) is -2.38. The highest BCUT2D eigenvalue weighted by Gasteiger charge is 2.64. The molecule has 4 nitrogen and oxygen atoms in total. The highest BCUT2D eigenvalue weighted by molar-refractivity contribution is 5.88.